The van der Waals surface area contributed by atoms with E-state index in [2.05, 4.69) is 17.3 Å². The summed E-state index contributed by atoms with van der Waals surface area (Å²) in [4.78, 5) is 2.42. The molecule has 2 aliphatic heterocycles. The van der Waals surface area contributed by atoms with Crippen LogP contribution in [0.5, 0.6) is 0 Å². The van der Waals surface area contributed by atoms with Crippen molar-refractivity contribution in [3.63, 3.8) is 0 Å². The highest BCUT2D eigenvalue weighted by molar-refractivity contribution is 4.99. The predicted octanol–water partition coefficient (Wildman–Crippen LogP) is 3.52. The number of nitrogens with zero attached hydrogens (tertiary/aromatic N) is 1. The molecule has 1 N–H and O–H groups in total. The van der Waals surface area contributed by atoms with Gasteiger partial charge in [0.15, 0.2) is 0 Å². The lowest BCUT2D eigenvalue weighted by atomic mass is 9.79. The topological polar surface area (TPSA) is 15.3 Å². The van der Waals surface area contributed by atoms with E-state index in [1.54, 1.807) is 0 Å². The summed E-state index contributed by atoms with van der Waals surface area (Å²) in [6.45, 7) is 15.8. The second kappa shape index (κ2) is 11.4. The van der Waals surface area contributed by atoms with Crippen LogP contribution in [0, 0.1) is 0 Å². The maximum Gasteiger partial charge on any atom is 0.0217 e. The van der Waals surface area contributed by atoms with Gasteiger partial charge in [0.25, 0.3) is 0 Å². The zero-order valence-corrected chi connectivity index (χ0v) is 12.7. The van der Waals surface area contributed by atoms with Gasteiger partial charge in [0.1, 0.15) is 0 Å². The molecule has 0 aromatic heterocycles. The molecular formula is C14H34N2. The average molecular weight is 230 g/mol. The first-order chi connectivity index (χ1) is 7.81. The molecule has 16 heavy (non-hydrogen) atoms. The Bertz CT molecular complexity index is 121. The first-order valence-electron chi connectivity index (χ1n) is 7.24. The highest BCUT2D eigenvalue weighted by Crippen LogP contribution is 2.30. The highest BCUT2D eigenvalue weighted by atomic mass is 15.1. The van der Waals surface area contributed by atoms with Crippen LogP contribution in [0.3, 0.4) is 0 Å². The second-order valence-corrected chi connectivity index (χ2v) is 3.76. The van der Waals surface area contributed by atoms with Gasteiger partial charge in [-0.1, -0.05) is 41.5 Å². The molecule has 0 unspecified atom stereocenters. The van der Waals surface area contributed by atoms with Crippen LogP contribution in [0.2, 0.25) is 0 Å². The Morgan fingerprint density at radius 3 is 1.44 bits per heavy atom. The van der Waals surface area contributed by atoms with Crippen LogP contribution >= 0.6 is 0 Å². The molecule has 0 radical (unpaired) electrons. The minimum Gasteiger partial charge on any atom is -0.311 e. The van der Waals surface area contributed by atoms with Gasteiger partial charge in [0.2, 0.25) is 0 Å². The molecule has 2 aliphatic rings. The Labute approximate surface area is 104 Å². The van der Waals surface area contributed by atoms with Gasteiger partial charge in [-0.2, -0.15) is 0 Å². The molecule has 1 spiro atoms. The van der Waals surface area contributed by atoms with E-state index >= 15 is 0 Å². The van der Waals surface area contributed by atoms with E-state index in [1.807, 2.05) is 41.5 Å². The van der Waals surface area contributed by atoms with Crippen LogP contribution in [0.25, 0.3) is 0 Å². The van der Waals surface area contributed by atoms with E-state index in [-0.39, 0.29) is 0 Å². The smallest absolute Gasteiger partial charge is 0.0217 e. The van der Waals surface area contributed by atoms with Gasteiger partial charge in [-0.15, -0.1) is 0 Å². The van der Waals surface area contributed by atoms with Gasteiger partial charge < -0.3 is 10.2 Å². The van der Waals surface area contributed by atoms with E-state index in [0.717, 1.165) is 0 Å². The van der Waals surface area contributed by atoms with Crippen molar-refractivity contribution in [1.82, 2.24) is 10.2 Å². The average Bonchev–Trinajstić information content (AvgIpc) is 2.36. The Morgan fingerprint density at radius 1 is 0.812 bits per heavy atom. The fraction of sp³-hybridized carbons (Fsp3) is 1.00. The molecule has 0 amide bonds. The number of nitrogens with one attached hydrogen (secondary N) is 1. The van der Waals surface area contributed by atoms with Crippen molar-refractivity contribution in [2.75, 3.05) is 26.7 Å². The number of rotatable bonds is 0. The van der Waals surface area contributed by atoms with E-state index in [4.69, 9.17) is 0 Å². The van der Waals surface area contributed by atoms with E-state index in [9.17, 15) is 0 Å². The van der Waals surface area contributed by atoms with Crippen LogP contribution in [0.15, 0.2) is 0 Å². The SMILES string of the molecule is CC.CC.CC.CN1CCC2(CCN2)CC1. The fourth-order valence-electron chi connectivity index (χ4n) is 1.95. The number of piperidine rings is 1. The van der Waals surface area contributed by atoms with Crippen molar-refractivity contribution < 1.29 is 0 Å². The molecule has 0 bridgehead atoms. The molecular weight excluding hydrogens is 196 g/mol. The van der Waals surface area contributed by atoms with Crippen molar-refractivity contribution in [2.45, 2.75) is 66.3 Å². The summed E-state index contributed by atoms with van der Waals surface area (Å²) < 4.78 is 0. The van der Waals surface area contributed by atoms with Crippen molar-refractivity contribution >= 4 is 0 Å². The summed E-state index contributed by atoms with van der Waals surface area (Å²) in [5.74, 6) is 0. The third-order valence-corrected chi connectivity index (χ3v) is 3.05. The summed E-state index contributed by atoms with van der Waals surface area (Å²) in [5, 5.41) is 3.55. The lowest BCUT2D eigenvalue weighted by molar-refractivity contribution is 0.0990. The Balaban J connectivity index is 0. The molecule has 2 rings (SSSR count). The Morgan fingerprint density at radius 2 is 1.19 bits per heavy atom. The fourth-order valence-corrected chi connectivity index (χ4v) is 1.95. The lowest BCUT2D eigenvalue weighted by Crippen LogP contribution is -2.61. The van der Waals surface area contributed by atoms with Gasteiger partial charge in [-0.05, 0) is 45.9 Å². The summed E-state index contributed by atoms with van der Waals surface area (Å²) in [5.41, 5.74) is 0.590. The third-order valence-electron chi connectivity index (χ3n) is 3.05. The summed E-state index contributed by atoms with van der Waals surface area (Å²) in [6.07, 6.45) is 4.15. The van der Waals surface area contributed by atoms with Crippen molar-refractivity contribution in [3.05, 3.63) is 0 Å². The molecule has 2 fully saturated rings. The van der Waals surface area contributed by atoms with E-state index in [1.165, 1.54) is 38.9 Å². The summed E-state index contributed by atoms with van der Waals surface area (Å²) in [7, 11) is 2.21. The molecule has 100 valence electrons. The first kappa shape index (κ1) is 18.3. The molecule has 0 saturated carbocycles. The number of hydrogen-bond acceptors (Lipinski definition) is 2. The zero-order chi connectivity index (χ0) is 13.0. The van der Waals surface area contributed by atoms with Gasteiger partial charge in [0.05, 0.1) is 0 Å². The van der Waals surface area contributed by atoms with Crippen molar-refractivity contribution in [1.29, 1.82) is 0 Å². The van der Waals surface area contributed by atoms with Crippen LogP contribution in [-0.4, -0.2) is 37.1 Å². The van der Waals surface area contributed by atoms with E-state index < -0.39 is 0 Å². The first-order valence-corrected chi connectivity index (χ1v) is 7.24. The molecule has 0 aromatic rings. The summed E-state index contributed by atoms with van der Waals surface area (Å²) in [6, 6.07) is 0. The van der Waals surface area contributed by atoms with Crippen LogP contribution in [0.1, 0.15) is 60.8 Å². The highest BCUT2D eigenvalue weighted by Gasteiger charge is 2.38. The minimum absolute atomic E-state index is 0.590. The van der Waals surface area contributed by atoms with Gasteiger partial charge in [0, 0.05) is 5.54 Å². The number of hydrogen-bond donors (Lipinski definition) is 1. The lowest BCUT2D eigenvalue weighted by Gasteiger charge is -2.48. The largest absolute Gasteiger partial charge is 0.311 e. The third kappa shape index (κ3) is 5.86. The van der Waals surface area contributed by atoms with Gasteiger partial charge >= 0.3 is 0 Å². The molecule has 2 nitrogen and oxygen atoms in total. The monoisotopic (exact) mass is 230 g/mol. The molecule has 2 heteroatoms. The standard InChI is InChI=1S/C8H16N2.3C2H6/c1-10-6-3-8(4-7-10)2-5-9-8;3*1-2/h9H,2-7H2,1H3;3*1-2H3. The van der Waals surface area contributed by atoms with Gasteiger partial charge in [-0.3, -0.25) is 0 Å². The molecule has 0 aliphatic carbocycles. The maximum atomic E-state index is 3.55. The van der Waals surface area contributed by atoms with Crippen molar-refractivity contribution in [3.8, 4) is 0 Å². The van der Waals surface area contributed by atoms with Gasteiger partial charge in [-0.25, -0.2) is 0 Å². The second-order valence-electron chi connectivity index (χ2n) is 3.76. The van der Waals surface area contributed by atoms with Crippen LogP contribution in [0.4, 0.5) is 0 Å². The zero-order valence-electron chi connectivity index (χ0n) is 12.7. The van der Waals surface area contributed by atoms with Crippen LogP contribution in [-0.2, 0) is 0 Å². The quantitative estimate of drug-likeness (QED) is 0.685. The van der Waals surface area contributed by atoms with Crippen LogP contribution < -0.4 is 5.32 Å². The number of likely N-dealkylation sites (tertiary alicyclic amines) is 1. The molecule has 2 heterocycles. The maximum absolute atomic E-state index is 3.55. The predicted molar refractivity (Wildman–Crippen MR) is 76.1 cm³/mol. The van der Waals surface area contributed by atoms with E-state index in [0.29, 0.717) is 5.54 Å². The minimum atomic E-state index is 0.590. The van der Waals surface area contributed by atoms with Crippen molar-refractivity contribution in [2.24, 2.45) is 0 Å². The molecule has 0 atom stereocenters. The Hall–Kier alpha value is -0.0800. The molecule has 2 saturated heterocycles. The Kier molecular flexibility index (Phi) is 13.0. The normalized spacial score (nSPS) is 21.2. The summed E-state index contributed by atoms with van der Waals surface area (Å²) >= 11 is 0. The molecule has 0 aromatic carbocycles.